The molecule has 1 aromatic rings. The fourth-order valence-corrected chi connectivity index (χ4v) is 4.29. The molecule has 1 aliphatic carbocycles. The molecule has 1 saturated heterocycles. The molecule has 0 N–H and O–H groups in total. The monoisotopic (exact) mass is 344 g/mol. The lowest BCUT2D eigenvalue weighted by Gasteiger charge is -2.40. The summed E-state index contributed by atoms with van der Waals surface area (Å²) >= 11 is 0. The predicted molar refractivity (Wildman–Crippen MR) is 95.9 cm³/mol. The van der Waals surface area contributed by atoms with Gasteiger partial charge in [-0.1, -0.05) is 25.3 Å². The number of fused-ring (bicyclic) bond motifs is 1. The number of amides is 1. The number of carbonyl (C=O) groups is 1. The lowest BCUT2D eigenvalue weighted by Crippen LogP contribution is -2.52. The van der Waals surface area contributed by atoms with Gasteiger partial charge < -0.3 is 14.4 Å². The second-order valence-corrected chi connectivity index (χ2v) is 7.40. The molecule has 1 amide bonds. The van der Waals surface area contributed by atoms with Crippen LogP contribution in [0.4, 0.5) is 0 Å². The summed E-state index contributed by atoms with van der Waals surface area (Å²) in [5, 5.41) is 0. The van der Waals surface area contributed by atoms with Crippen molar-refractivity contribution in [3.63, 3.8) is 0 Å². The molecule has 0 bridgehead atoms. The SMILES string of the molecule is O=C(CCc1ccc2c(c1)OCO2)N1CCN(C2CCCCC2)CC1. The first-order chi connectivity index (χ1) is 12.3. The van der Waals surface area contributed by atoms with Gasteiger partial charge in [-0.05, 0) is 37.0 Å². The van der Waals surface area contributed by atoms with Crippen LogP contribution in [0.5, 0.6) is 11.5 Å². The Balaban J connectivity index is 1.23. The summed E-state index contributed by atoms with van der Waals surface area (Å²) < 4.78 is 10.7. The predicted octanol–water partition coefficient (Wildman–Crippen LogP) is 2.82. The molecule has 0 spiro atoms. The minimum Gasteiger partial charge on any atom is -0.454 e. The molecule has 0 atom stereocenters. The molecule has 2 heterocycles. The fourth-order valence-electron chi connectivity index (χ4n) is 4.29. The molecule has 5 heteroatoms. The van der Waals surface area contributed by atoms with Crippen LogP contribution in [0.1, 0.15) is 44.1 Å². The Bertz CT molecular complexity index is 605. The van der Waals surface area contributed by atoms with Crippen molar-refractivity contribution >= 4 is 5.91 Å². The number of aryl methyl sites for hydroxylation is 1. The van der Waals surface area contributed by atoms with Gasteiger partial charge in [0.1, 0.15) is 0 Å². The third-order valence-corrected chi connectivity index (χ3v) is 5.82. The van der Waals surface area contributed by atoms with Gasteiger partial charge in [-0.2, -0.15) is 0 Å². The number of hydrogen-bond donors (Lipinski definition) is 0. The number of rotatable bonds is 4. The zero-order valence-electron chi connectivity index (χ0n) is 14.9. The van der Waals surface area contributed by atoms with Crippen molar-refractivity contribution in [2.24, 2.45) is 0 Å². The maximum absolute atomic E-state index is 12.5. The highest BCUT2D eigenvalue weighted by atomic mass is 16.7. The molecule has 3 aliphatic rings. The van der Waals surface area contributed by atoms with Crippen molar-refractivity contribution in [3.8, 4) is 11.5 Å². The molecule has 1 saturated carbocycles. The van der Waals surface area contributed by atoms with Crippen LogP contribution in [-0.4, -0.2) is 54.7 Å². The summed E-state index contributed by atoms with van der Waals surface area (Å²) in [4.78, 5) is 17.2. The molecule has 4 rings (SSSR count). The largest absolute Gasteiger partial charge is 0.454 e. The molecular formula is C20H28N2O3. The minimum absolute atomic E-state index is 0.279. The Morgan fingerprint density at radius 2 is 1.76 bits per heavy atom. The standard InChI is InChI=1S/C20H28N2O3/c23-20(9-7-16-6-8-18-19(14-16)25-15-24-18)22-12-10-21(11-13-22)17-4-2-1-3-5-17/h6,8,14,17H,1-5,7,9-13,15H2. The zero-order valence-corrected chi connectivity index (χ0v) is 14.9. The van der Waals surface area contributed by atoms with E-state index in [9.17, 15) is 4.79 Å². The van der Waals surface area contributed by atoms with E-state index in [1.807, 2.05) is 23.1 Å². The van der Waals surface area contributed by atoms with Crippen molar-refractivity contribution in [3.05, 3.63) is 23.8 Å². The summed E-state index contributed by atoms with van der Waals surface area (Å²) in [6, 6.07) is 6.73. The number of hydrogen-bond acceptors (Lipinski definition) is 4. The molecular weight excluding hydrogens is 316 g/mol. The lowest BCUT2D eigenvalue weighted by molar-refractivity contribution is -0.133. The Hall–Kier alpha value is -1.75. The second-order valence-electron chi connectivity index (χ2n) is 7.40. The topological polar surface area (TPSA) is 42.0 Å². The van der Waals surface area contributed by atoms with E-state index in [1.165, 1.54) is 32.1 Å². The van der Waals surface area contributed by atoms with E-state index < -0.39 is 0 Å². The molecule has 0 aromatic heterocycles. The Labute approximate surface area is 149 Å². The summed E-state index contributed by atoms with van der Waals surface area (Å²) in [5.41, 5.74) is 1.14. The third-order valence-electron chi connectivity index (χ3n) is 5.82. The van der Waals surface area contributed by atoms with Crippen LogP contribution in [0.3, 0.4) is 0 Å². The number of piperazine rings is 1. The van der Waals surface area contributed by atoms with E-state index in [0.29, 0.717) is 13.2 Å². The molecule has 0 unspecified atom stereocenters. The smallest absolute Gasteiger partial charge is 0.231 e. The van der Waals surface area contributed by atoms with Crippen LogP contribution in [0.25, 0.3) is 0 Å². The highest BCUT2D eigenvalue weighted by Gasteiger charge is 2.26. The van der Waals surface area contributed by atoms with Gasteiger partial charge in [-0.15, -0.1) is 0 Å². The van der Waals surface area contributed by atoms with E-state index in [2.05, 4.69) is 4.90 Å². The first kappa shape index (κ1) is 16.7. The van der Waals surface area contributed by atoms with Crippen LogP contribution in [-0.2, 0) is 11.2 Å². The maximum atomic E-state index is 12.5. The molecule has 136 valence electrons. The van der Waals surface area contributed by atoms with Crippen LogP contribution in [0.15, 0.2) is 18.2 Å². The Kier molecular flexibility index (Phi) is 5.11. The quantitative estimate of drug-likeness (QED) is 0.842. The van der Waals surface area contributed by atoms with E-state index in [0.717, 1.165) is 55.7 Å². The van der Waals surface area contributed by atoms with Crippen LogP contribution in [0.2, 0.25) is 0 Å². The number of carbonyl (C=O) groups excluding carboxylic acids is 1. The summed E-state index contributed by atoms with van der Waals surface area (Å²) in [6.07, 6.45) is 8.17. The molecule has 2 fully saturated rings. The average Bonchev–Trinajstić information content (AvgIpc) is 3.15. The van der Waals surface area contributed by atoms with E-state index in [4.69, 9.17) is 9.47 Å². The Morgan fingerprint density at radius 1 is 1.00 bits per heavy atom. The summed E-state index contributed by atoms with van der Waals surface area (Å²) in [5.74, 6) is 1.88. The van der Waals surface area contributed by atoms with Gasteiger partial charge in [0.15, 0.2) is 11.5 Å². The van der Waals surface area contributed by atoms with E-state index in [1.54, 1.807) is 0 Å². The van der Waals surface area contributed by atoms with Crippen LogP contribution < -0.4 is 9.47 Å². The first-order valence-corrected chi connectivity index (χ1v) is 9.70. The zero-order chi connectivity index (χ0) is 17.1. The van der Waals surface area contributed by atoms with E-state index >= 15 is 0 Å². The molecule has 2 aliphatic heterocycles. The van der Waals surface area contributed by atoms with Gasteiger partial charge in [0.2, 0.25) is 12.7 Å². The maximum Gasteiger partial charge on any atom is 0.231 e. The molecule has 1 aromatic carbocycles. The van der Waals surface area contributed by atoms with Crippen molar-refractivity contribution in [1.82, 2.24) is 9.80 Å². The number of ether oxygens (including phenoxy) is 2. The van der Waals surface area contributed by atoms with Crippen molar-refractivity contribution in [1.29, 1.82) is 0 Å². The second kappa shape index (κ2) is 7.65. The molecule has 25 heavy (non-hydrogen) atoms. The van der Waals surface area contributed by atoms with Gasteiger partial charge in [0.25, 0.3) is 0 Å². The van der Waals surface area contributed by atoms with Crippen molar-refractivity contribution < 1.29 is 14.3 Å². The fraction of sp³-hybridized carbons (Fsp3) is 0.650. The highest BCUT2D eigenvalue weighted by Crippen LogP contribution is 2.32. The van der Waals surface area contributed by atoms with Crippen molar-refractivity contribution in [2.75, 3.05) is 33.0 Å². The highest BCUT2D eigenvalue weighted by molar-refractivity contribution is 5.76. The average molecular weight is 344 g/mol. The van der Waals surface area contributed by atoms with Gasteiger partial charge in [0.05, 0.1) is 0 Å². The molecule has 0 radical (unpaired) electrons. The lowest BCUT2D eigenvalue weighted by atomic mass is 9.94. The van der Waals surface area contributed by atoms with Gasteiger partial charge in [-0.3, -0.25) is 9.69 Å². The van der Waals surface area contributed by atoms with Crippen LogP contribution in [0, 0.1) is 0 Å². The third kappa shape index (κ3) is 3.92. The van der Waals surface area contributed by atoms with Gasteiger partial charge in [0, 0.05) is 38.6 Å². The van der Waals surface area contributed by atoms with Gasteiger partial charge >= 0.3 is 0 Å². The first-order valence-electron chi connectivity index (χ1n) is 9.70. The summed E-state index contributed by atoms with van der Waals surface area (Å²) in [6.45, 7) is 4.15. The van der Waals surface area contributed by atoms with Gasteiger partial charge in [-0.25, -0.2) is 0 Å². The van der Waals surface area contributed by atoms with Crippen molar-refractivity contribution in [2.45, 2.75) is 51.0 Å². The summed E-state index contributed by atoms with van der Waals surface area (Å²) in [7, 11) is 0. The molecule has 5 nitrogen and oxygen atoms in total. The minimum atomic E-state index is 0.279. The Morgan fingerprint density at radius 3 is 2.56 bits per heavy atom. The van der Waals surface area contributed by atoms with Crippen LogP contribution >= 0.6 is 0 Å². The number of nitrogens with zero attached hydrogens (tertiary/aromatic N) is 2. The number of benzene rings is 1. The normalized spacial score (nSPS) is 21.5. The van der Waals surface area contributed by atoms with E-state index in [-0.39, 0.29) is 5.91 Å².